The lowest BCUT2D eigenvalue weighted by atomic mass is 10.2. The predicted octanol–water partition coefficient (Wildman–Crippen LogP) is 0.479. The van der Waals surface area contributed by atoms with Crippen molar-refractivity contribution in [2.24, 2.45) is 0 Å². The first kappa shape index (κ1) is 13.9. The molecule has 0 heterocycles. The van der Waals surface area contributed by atoms with Gasteiger partial charge in [0.15, 0.2) is 0 Å². The van der Waals surface area contributed by atoms with Crippen LogP contribution in [0.2, 0.25) is 0 Å². The van der Waals surface area contributed by atoms with Gasteiger partial charge in [-0.25, -0.2) is 8.42 Å². The van der Waals surface area contributed by atoms with E-state index in [1.54, 1.807) is 0 Å². The summed E-state index contributed by atoms with van der Waals surface area (Å²) in [4.78, 5) is 0. The van der Waals surface area contributed by atoms with Crippen LogP contribution in [-0.2, 0) is 20.0 Å². The smallest absolute Gasteiger partial charge is 0.264 e. The Morgan fingerprint density at radius 3 is 1.64 bits per heavy atom. The summed E-state index contributed by atoms with van der Waals surface area (Å²) in [6.07, 6.45) is 3.38. The van der Waals surface area contributed by atoms with Gasteiger partial charge in [-0.1, -0.05) is 12.8 Å². The molecule has 0 aliphatic rings. The zero-order valence-electron chi connectivity index (χ0n) is 8.14. The Morgan fingerprint density at radius 2 is 1.29 bits per heavy atom. The minimum Gasteiger partial charge on any atom is -0.286 e. The Labute approximate surface area is 85.2 Å². The molecule has 0 unspecified atom stereocenters. The van der Waals surface area contributed by atoms with Crippen LogP contribution in [0, 0.1) is 0 Å². The molecule has 7 heteroatoms. The second-order valence-corrected chi connectivity index (χ2v) is 7.16. The van der Waals surface area contributed by atoms with Gasteiger partial charge in [0.2, 0.25) is 0 Å². The van der Waals surface area contributed by atoms with Crippen LogP contribution in [0.5, 0.6) is 0 Å². The number of unbranched alkanes of at least 4 members (excludes halogenated alkanes) is 3. The molecule has 86 valence electrons. The Morgan fingerprint density at radius 1 is 0.857 bits per heavy atom. The van der Waals surface area contributed by atoms with E-state index in [9.17, 15) is 16.8 Å². The minimum atomic E-state index is -3.86. The highest BCUT2D eigenvalue weighted by atomic mass is 32.2. The Hall–Kier alpha value is -0.140. The Kier molecular flexibility index (Phi) is 5.61. The first-order chi connectivity index (χ1) is 6.21. The maximum atomic E-state index is 10.7. The highest BCUT2D eigenvalue weighted by molar-refractivity contribution is 7.90. The highest BCUT2D eigenvalue weighted by Gasteiger charge is 2.04. The third-order valence-corrected chi connectivity index (χ3v) is 3.50. The van der Waals surface area contributed by atoms with Crippen LogP contribution in [0.3, 0.4) is 0 Å². The fourth-order valence-electron chi connectivity index (χ4n) is 1.00. The number of hydrogen-bond acceptors (Lipinski definition) is 4. The molecular weight excluding hydrogens is 228 g/mol. The van der Waals surface area contributed by atoms with Gasteiger partial charge in [0.05, 0.1) is 5.75 Å². The molecule has 0 bridgehead atoms. The molecule has 0 rings (SSSR count). The van der Waals surface area contributed by atoms with Crippen LogP contribution < -0.4 is 0 Å². The molecule has 0 radical (unpaired) electrons. The van der Waals surface area contributed by atoms with Crippen molar-refractivity contribution in [2.45, 2.75) is 25.7 Å². The van der Waals surface area contributed by atoms with Crippen LogP contribution >= 0.6 is 0 Å². The second kappa shape index (κ2) is 5.67. The highest BCUT2D eigenvalue weighted by Crippen LogP contribution is 2.03. The maximum Gasteiger partial charge on any atom is 0.264 e. The fourth-order valence-corrected chi connectivity index (χ4v) is 2.30. The summed E-state index contributed by atoms with van der Waals surface area (Å²) in [5.41, 5.74) is 0. The van der Waals surface area contributed by atoms with Gasteiger partial charge in [-0.3, -0.25) is 4.55 Å². The SMILES string of the molecule is CS(=O)(=O)CCCCCCS(=O)(=O)O. The molecule has 0 aliphatic carbocycles. The molecule has 0 spiro atoms. The van der Waals surface area contributed by atoms with Crippen LogP contribution in [0.15, 0.2) is 0 Å². The predicted molar refractivity (Wildman–Crippen MR) is 54.6 cm³/mol. The number of sulfone groups is 1. The Balaban J connectivity index is 3.41. The van der Waals surface area contributed by atoms with E-state index in [0.29, 0.717) is 25.7 Å². The van der Waals surface area contributed by atoms with E-state index >= 15 is 0 Å². The van der Waals surface area contributed by atoms with Crippen molar-refractivity contribution in [3.63, 3.8) is 0 Å². The summed E-state index contributed by atoms with van der Waals surface area (Å²) in [7, 11) is -6.77. The summed E-state index contributed by atoms with van der Waals surface area (Å²) in [5.74, 6) is -0.106. The second-order valence-electron chi connectivity index (χ2n) is 3.33. The molecule has 0 saturated carbocycles. The Bertz CT molecular complexity index is 304. The lowest BCUT2D eigenvalue weighted by Crippen LogP contribution is -2.05. The fraction of sp³-hybridized carbons (Fsp3) is 1.00. The maximum absolute atomic E-state index is 10.7. The van der Waals surface area contributed by atoms with Gasteiger partial charge in [0.25, 0.3) is 10.1 Å². The topological polar surface area (TPSA) is 88.5 Å². The monoisotopic (exact) mass is 244 g/mol. The molecule has 0 amide bonds. The van der Waals surface area contributed by atoms with Crippen LogP contribution in [-0.4, -0.2) is 39.1 Å². The molecule has 5 nitrogen and oxygen atoms in total. The zero-order chi connectivity index (χ0) is 11.2. The normalized spacial score (nSPS) is 13.0. The van der Waals surface area contributed by atoms with Gasteiger partial charge >= 0.3 is 0 Å². The molecule has 0 fully saturated rings. The largest absolute Gasteiger partial charge is 0.286 e. The lowest BCUT2D eigenvalue weighted by molar-refractivity contribution is 0.479. The number of rotatable bonds is 7. The van der Waals surface area contributed by atoms with E-state index in [0.717, 1.165) is 0 Å². The summed E-state index contributed by atoms with van der Waals surface area (Å²) in [5, 5.41) is 0. The molecule has 0 atom stereocenters. The van der Waals surface area contributed by atoms with Gasteiger partial charge in [-0.05, 0) is 12.8 Å². The first-order valence-electron chi connectivity index (χ1n) is 4.33. The van der Waals surface area contributed by atoms with Crippen molar-refractivity contribution in [1.82, 2.24) is 0 Å². The van der Waals surface area contributed by atoms with Crippen LogP contribution in [0.1, 0.15) is 25.7 Å². The van der Waals surface area contributed by atoms with Gasteiger partial charge < -0.3 is 0 Å². The van der Waals surface area contributed by atoms with E-state index in [-0.39, 0.29) is 11.5 Å². The van der Waals surface area contributed by atoms with Crippen molar-refractivity contribution >= 4 is 20.0 Å². The van der Waals surface area contributed by atoms with E-state index in [1.165, 1.54) is 6.26 Å². The molecular formula is C7H16O5S2. The van der Waals surface area contributed by atoms with E-state index in [1.807, 2.05) is 0 Å². The minimum absolute atomic E-state index is 0.138. The van der Waals surface area contributed by atoms with Gasteiger partial charge in [0.1, 0.15) is 9.84 Å². The molecule has 0 aromatic heterocycles. The average molecular weight is 244 g/mol. The van der Waals surface area contributed by atoms with Crippen molar-refractivity contribution < 1.29 is 21.4 Å². The number of hydrogen-bond donors (Lipinski definition) is 1. The quantitative estimate of drug-likeness (QED) is 0.520. The standard InChI is InChI=1S/C7H16O5S2/c1-13(8,9)6-4-2-3-5-7-14(10,11)12/h2-7H2,1H3,(H,10,11,12). The average Bonchev–Trinajstić information content (AvgIpc) is 1.92. The van der Waals surface area contributed by atoms with Crippen molar-refractivity contribution in [3.05, 3.63) is 0 Å². The van der Waals surface area contributed by atoms with Crippen molar-refractivity contribution in [3.8, 4) is 0 Å². The van der Waals surface area contributed by atoms with Crippen molar-refractivity contribution in [2.75, 3.05) is 17.8 Å². The summed E-state index contributed by atoms with van der Waals surface area (Å²) < 4.78 is 50.3. The van der Waals surface area contributed by atoms with Crippen LogP contribution in [0.4, 0.5) is 0 Å². The molecule has 1 N–H and O–H groups in total. The van der Waals surface area contributed by atoms with Gasteiger partial charge in [-0.2, -0.15) is 8.42 Å². The van der Waals surface area contributed by atoms with Crippen LogP contribution in [0.25, 0.3) is 0 Å². The molecule has 0 aromatic rings. The van der Waals surface area contributed by atoms with E-state index in [2.05, 4.69) is 0 Å². The van der Waals surface area contributed by atoms with Gasteiger partial charge in [0, 0.05) is 12.0 Å². The molecule has 0 aliphatic heterocycles. The van der Waals surface area contributed by atoms with Gasteiger partial charge in [-0.15, -0.1) is 0 Å². The first-order valence-corrected chi connectivity index (χ1v) is 8.00. The third-order valence-electron chi connectivity index (χ3n) is 1.67. The lowest BCUT2D eigenvalue weighted by Gasteiger charge is -1.99. The zero-order valence-corrected chi connectivity index (χ0v) is 9.77. The molecule has 0 aromatic carbocycles. The molecule has 14 heavy (non-hydrogen) atoms. The summed E-state index contributed by atoms with van der Waals surface area (Å²) >= 11 is 0. The van der Waals surface area contributed by atoms with E-state index in [4.69, 9.17) is 4.55 Å². The third kappa shape index (κ3) is 11.9. The van der Waals surface area contributed by atoms with Crippen molar-refractivity contribution in [1.29, 1.82) is 0 Å². The summed E-state index contributed by atoms with van der Waals surface area (Å²) in [6, 6.07) is 0. The molecule has 0 saturated heterocycles. The van der Waals surface area contributed by atoms with E-state index < -0.39 is 20.0 Å². The summed E-state index contributed by atoms with van der Waals surface area (Å²) in [6.45, 7) is 0.